The van der Waals surface area contributed by atoms with E-state index in [9.17, 15) is 0 Å². The van der Waals surface area contributed by atoms with E-state index in [1.54, 1.807) is 0 Å². The van der Waals surface area contributed by atoms with Gasteiger partial charge in [-0.2, -0.15) is 0 Å². The first-order valence-electron chi connectivity index (χ1n) is 5.20. The largest absolute Gasteiger partial charge is 0.256 e. The van der Waals surface area contributed by atoms with Crippen LogP contribution in [0.15, 0.2) is 60.9 Å². The van der Waals surface area contributed by atoms with Crippen molar-refractivity contribution < 1.29 is 0 Å². The Morgan fingerprint density at radius 3 is 2.44 bits per heavy atom. The molecule has 76 valence electrons. The van der Waals surface area contributed by atoms with E-state index in [2.05, 4.69) is 16.0 Å². The second-order valence-corrected chi connectivity index (χ2v) is 3.59. The summed E-state index contributed by atoms with van der Waals surface area (Å²) in [6.45, 7) is 0. The highest BCUT2D eigenvalue weighted by atomic mass is 14.7. The van der Waals surface area contributed by atoms with Gasteiger partial charge in [0.15, 0.2) is 0 Å². The van der Waals surface area contributed by atoms with Crippen molar-refractivity contribution in [1.82, 2.24) is 9.97 Å². The van der Waals surface area contributed by atoms with Crippen LogP contribution in [0.4, 0.5) is 0 Å². The van der Waals surface area contributed by atoms with Crippen LogP contribution in [0.25, 0.3) is 22.2 Å². The van der Waals surface area contributed by atoms with Crippen molar-refractivity contribution in [3.63, 3.8) is 0 Å². The van der Waals surface area contributed by atoms with Crippen molar-refractivity contribution in [3.05, 3.63) is 60.9 Å². The Hall–Kier alpha value is -2.22. The molecule has 0 amide bonds. The van der Waals surface area contributed by atoms with Crippen molar-refractivity contribution in [1.29, 1.82) is 0 Å². The molecule has 0 radical (unpaired) electrons. The highest BCUT2D eigenvalue weighted by molar-refractivity contribution is 5.93. The summed E-state index contributed by atoms with van der Waals surface area (Å²) in [5, 5.41) is 1.14. The van der Waals surface area contributed by atoms with Crippen LogP contribution in [-0.4, -0.2) is 9.97 Å². The Bertz CT molecular complexity index is 612. The summed E-state index contributed by atoms with van der Waals surface area (Å²) in [5.41, 5.74) is 3.12. The van der Waals surface area contributed by atoms with Crippen molar-refractivity contribution >= 4 is 10.9 Å². The number of fused-ring (bicyclic) bond motifs is 1. The van der Waals surface area contributed by atoms with Crippen LogP contribution >= 0.6 is 0 Å². The van der Waals surface area contributed by atoms with Crippen LogP contribution in [0.3, 0.4) is 0 Å². The lowest BCUT2D eigenvalue weighted by Gasteiger charge is -2.04. The zero-order valence-electron chi connectivity index (χ0n) is 8.67. The van der Waals surface area contributed by atoms with Gasteiger partial charge in [-0.3, -0.25) is 9.97 Å². The summed E-state index contributed by atoms with van der Waals surface area (Å²) in [4.78, 5) is 8.71. The zero-order chi connectivity index (χ0) is 10.8. The van der Waals surface area contributed by atoms with E-state index in [-0.39, 0.29) is 0 Å². The number of nitrogens with zero attached hydrogens (tertiary/aromatic N) is 2. The molecule has 2 heterocycles. The monoisotopic (exact) mass is 206 g/mol. The minimum Gasteiger partial charge on any atom is -0.256 e. The highest BCUT2D eigenvalue weighted by Gasteiger charge is 2.03. The third kappa shape index (κ3) is 1.44. The molecule has 0 saturated carbocycles. The molecule has 0 aliphatic heterocycles. The number of hydrogen-bond donors (Lipinski definition) is 0. The predicted octanol–water partition coefficient (Wildman–Crippen LogP) is 3.30. The van der Waals surface area contributed by atoms with E-state index in [0.29, 0.717) is 0 Å². The third-order valence-corrected chi connectivity index (χ3v) is 2.59. The minimum absolute atomic E-state index is 0.987. The normalized spacial score (nSPS) is 10.5. The molecule has 2 heteroatoms. The topological polar surface area (TPSA) is 25.8 Å². The van der Waals surface area contributed by atoms with Crippen LogP contribution in [0.1, 0.15) is 0 Å². The fourth-order valence-electron chi connectivity index (χ4n) is 1.84. The molecule has 0 fully saturated rings. The van der Waals surface area contributed by atoms with E-state index in [1.165, 1.54) is 0 Å². The number of benzene rings is 1. The number of para-hydroxylation sites is 1. The lowest BCUT2D eigenvalue weighted by molar-refractivity contribution is 1.32. The molecule has 0 aliphatic carbocycles. The molecule has 0 aliphatic rings. The lowest BCUT2D eigenvalue weighted by atomic mass is 10.1. The first kappa shape index (κ1) is 9.04. The van der Waals surface area contributed by atoms with Gasteiger partial charge in [0, 0.05) is 23.3 Å². The van der Waals surface area contributed by atoms with Crippen LogP contribution < -0.4 is 0 Å². The van der Waals surface area contributed by atoms with Gasteiger partial charge in [-0.1, -0.05) is 24.3 Å². The van der Waals surface area contributed by atoms with Gasteiger partial charge in [-0.15, -0.1) is 0 Å². The van der Waals surface area contributed by atoms with E-state index in [0.717, 1.165) is 22.2 Å². The summed E-state index contributed by atoms with van der Waals surface area (Å²) in [7, 11) is 0. The second-order valence-electron chi connectivity index (χ2n) is 3.59. The van der Waals surface area contributed by atoms with Gasteiger partial charge in [0.2, 0.25) is 0 Å². The van der Waals surface area contributed by atoms with Gasteiger partial charge in [0.1, 0.15) is 0 Å². The van der Waals surface area contributed by atoms with Crippen LogP contribution in [-0.2, 0) is 0 Å². The maximum Gasteiger partial charge on any atom is 0.0709 e. The molecule has 0 atom stereocenters. The summed E-state index contributed by atoms with van der Waals surface area (Å²) in [6, 6.07) is 16.1. The van der Waals surface area contributed by atoms with Gasteiger partial charge in [-0.25, -0.2) is 0 Å². The first-order valence-corrected chi connectivity index (χ1v) is 5.20. The van der Waals surface area contributed by atoms with Gasteiger partial charge in [-0.05, 0) is 24.3 Å². The quantitative estimate of drug-likeness (QED) is 0.610. The second kappa shape index (κ2) is 3.74. The minimum atomic E-state index is 0.987. The zero-order valence-corrected chi connectivity index (χ0v) is 8.67. The van der Waals surface area contributed by atoms with Crippen molar-refractivity contribution in [3.8, 4) is 11.3 Å². The Morgan fingerprint density at radius 2 is 1.56 bits per heavy atom. The molecule has 0 saturated heterocycles. The maximum atomic E-state index is 4.37. The summed E-state index contributed by atoms with van der Waals surface area (Å²) in [6.07, 6.45) is 3.64. The number of aromatic nitrogens is 2. The third-order valence-electron chi connectivity index (χ3n) is 2.59. The standard InChI is InChI=1S/C14H10N2/c1-2-6-13-11(5-1)12(8-10-16-13)14-7-3-4-9-15-14/h1-10H. The van der Waals surface area contributed by atoms with Gasteiger partial charge >= 0.3 is 0 Å². The maximum absolute atomic E-state index is 4.37. The Kier molecular flexibility index (Phi) is 2.11. The highest BCUT2D eigenvalue weighted by Crippen LogP contribution is 2.24. The smallest absolute Gasteiger partial charge is 0.0709 e. The Balaban J connectivity index is 2.32. The molecule has 0 unspecified atom stereocenters. The molecule has 3 aromatic rings. The number of pyridine rings is 2. The molecule has 2 aromatic heterocycles. The van der Waals surface area contributed by atoms with Crippen LogP contribution in [0, 0.1) is 0 Å². The molecule has 0 bridgehead atoms. The van der Waals surface area contributed by atoms with E-state index in [4.69, 9.17) is 0 Å². The summed E-state index contributed by atoms with van der Waals surface area (Å²) >= 11 is 0. The average Bonchev–Trinajstić information content (AvgIpc) is 2.39. The van der Waals surface area contributed by atoms with Gasteiger partial charge < -0.3 is 0 Å². The molecule has 0 N–H and O–H groups in total. The summed E-state index contributed by atoms with van der Waals surface area (Å²) < 4.78 is 0. The molecule has 3 rings (SSSR count). The van der Waals surface area contributed by atoms with Gasteiger partial charge in [0.05, 0.1) is 11.2 Å². The number of hydrogen-bond acceptors (Lipinski definition) is 2. The predicted molar refractivity (Wildman–Crippen MR) is 65.0 cm³/mol. The number of rotatable bonds is 1. The molecule has 0 spiro atoms. The first-order chi connectivity index (χ1) is 7.95. The molecule has 1 aromatic carbocycles. The van der Waals surface area contributed by atoms with Gasteiger partial charge in [0.25, 0.3) is 0 Å². The van der Waals surface area contributed by atoms with E-state index in [1.807, 2.05) is 54.9 Å². The van der Waals surface area contributed by atoms with E-state index < -0.39 is 0 Å². The Morgan fingerprint density at radius 1 is 0.688 bits per heavy atom. The van der Waals surface area contributed by atoms with E-state index >= 15 is 0 Å². The van der Waals surface area contributed by atoms with Crippen LogP contribution in [0.5, 0.6) is 0 Å². The molecule has 16 heavy (non-hydrogen) atoms. The average molecular weight is 206 g/mol. The summed E-state index contributed by atoms with van der Waals surface area (Å²) in [5.74, 6) is 0. The van der Waals surface area contributed by atoms with Crippen molar-refractivity contribution in [2.75, 3.05) is 0 Å². The Labute approximate surface area is 93.6 Å². The molecular weight excluding hydrogens is 196 g/mol. The van der Waals surface area contributed by atoms with Crippen molar-refractivity contribution in [2.24, 2.45) is 0 Å². The molecule has 2 nitrogen and oxygen atoms in total. The fraction of sp³-hybridized carbons (Fsp3) is 0. The molecular formula is C14H10N2. The fourth-order valence-corrected chi connectivity index (χ4v) is 1.84. The lowest BCUT2D eigenvalue weighted by Crippen LogP contribution is -1.85. The van der Waals surface area contributed by atoms with Crippen LogP contribution in [0.2, 0.25) is 0 Å². The SMILES string of the molecule is c1ccc(-c2ccnc3ccccc23)nc1. The van der Waals surface area contributed by atoms with Crippen molar-refractivity contribution in [2.45, 2.75) is 0 Å².